The first-order valence-electron chi connectivity index (χ1n) is 5.27. The lowest BCUT2D eigenvalue weighted by Crippen LogP contribution is -2.31. The van der Waals surface area contributed by atoms with Gasteiger partial charge in [0.2, 0.25) is 0 Å². The molecule has 1 aromatic rings. The Morgan fingerprint density at radius 3 is 3.06 bits per heavy atom. The molecule has 0 saturated carbocycles. The van der Waals surface area contributed by atoms with E-state index in [1.807, 2.05) is 0 Å². The summed E-state index contributed by atoms with van der Waals surface area (Å²) >= 11 is 0. The number of aliphatic hydroxyl groups is 1. The van der Waals surface area contributed by atoms with Crippen LogP contribution in [0.25, 0.3) is 0 Å². The summed E-state index contributed by atoms with van der Waals surface area (Å²) < 4.78 is 6.44. The van der Waals surface area contributed by atoms with Gasteiger partial charge in [0.05, 0.1) is 6.10 Å². The molecule has 1 aliphatic heterocycles. The second-order valence-corrected chi connectivity index (χ2v) is 3.88. The highest BCUT2D eigenvalue weighted by Crippen LogP contribution is 2.27. The molecule has 0 aliphatic carbocycles. The first-order chi connectivity index (χ1) is 8.65. The summed E-state index contributed by atoms with van der Waals surface area (Å²) in [6.45, 7) is -0.0774. The van der Waals surface area contributed by atoms with E-state index in [0.29, 0.717) is 0 Å². The molecule has 3 unspecified atom stereocenters. The summed E-state index contributed by atoms with van der Waals surface area (Å²) in [6.07, 6.45) is -0.764. The van der Waals surface area contributed by atoms with E-state index < -0.39 is 24.1 Å². The molecule has 2 heterocycles. The van der Waals surface area contributed by atoms with Gasteiger partial charge in [-0.15, -0.1) is 0 Å². The van der Waals surface area contributed by atoms with Crippen molar-refractivity contribution in [2.75, 3.05) is 12.0 Å². The fourth-order valence-electron chi connectivity index (χ4n) is 1.85. The second-order valence-electron chi connectivity index (χ2n) is 3.88. The number of hydrogen-bond donors (Lipinski definition) is 3. The van der Waals surface area contributed by atoms with Crippen molar-refractivity contribution >= 4 is 5.82 Å². The van der Waals surface area contributed by atoms with Crippen LogP contribution in [0.4, 0.5) is 5.82 Å². The predicted molar refractivity (Wildman–Crippen MR) is 59.1 cm³/mol. The number of hydrogen-bond acceptors (Lipinski definition) is 8. The molecule has 0 aromatic carbocycles. The van der Waals surface area contributed by atoms with Gasteiger partial charge in [-0.25, -0.2) is 4.79 Å². The van der Waals surface area contributed by atoms with Crippen LogP contribution in [0.2, 0.25) is 0 Å². The Kier molecular flexibility index (Phi) is 3.65. The van der Waals surface area contributed by atoms with E-state index in [1.54, 1.807) is 5.48 Å². The first-order valence-corrected chi connectivity index (χ1v) is 5.27. The van der Waals surface area contributed by atoms with E-state index in [1.165, 1.54) is 12.3 Å². The zero-order valence-electron chi connectivity index (χ0n) is 9.26. The average molecular weight is 256 g/mol. The van der Waals surface area contributed by atoms with Crippen LogP contribution in [0.3, 0.4) is 0 Å². The van der Waals surface area contributed by atoms with Crippen molar-refractivity contribution < 1.29 is 15.1 Å². The van der Waals surface area contributed by atoms with E-state index >= 15 is 0 Å². The fraction of sp³-hybridized carbons (Fsp3) is 0.556. The van der Waals surface area contributed by atoms with Crippen molar-refractivity contribution in [1.29, 1.82) is 0 Å². The van der Waals surface area contributed by atoms with Crippen LogP contribution in [0.1, 0.15) is 12.6 Å². The molecule has 0 amide bonds. The average Bonchev–Trinajstić information content (AvgIpc) is 2.70. The minimum absolute atomic E-state index is 0.00477. The summed E-state index contributed by atoms with van der Waals surface area (Å²) in [5.74, 6) is -0.00477. The Bertz CT molecular complexity index is 490. The van der Waals surface area contributed by atoms with Crippen LogP contribution in [-0.4, -0.2) is 38.6 Å². The Morgan fingerprint density at radius 2 is 2.44 bits per heavy atom. The Labute approximate surface area is 101 Å². The van der Waals surface area contributed by atoms with Crippen LogP contribution in [0.5, 0.6) is 0 Å². The number of nitrogens with one attached hydrogen (secondary N) is 1. The van der Waals surface area contributed by atoms with E-state index in [2.05, 4.69) is 10.2 Å². The van der Waals surface area contributed by atoms with Gasteiger partial charge in [-0.1, -0.05) is 5.18 Å². The molecule has 2 rings (SSSR count). The molecule has 3 atom stereocenters. The third-order valence-corrected chi connectivity index (χ3v) is 2.66. The summed E-state index contributed by atoms with van der Waals surface area (Å²) in [5.41, 5.74) is 1.06. The zero-order chi connectivity index (χ0) is 13.1. The zero-order valence-corrected chi connectivity index (χ0v) is 9.26. The Hall–Kier alpha value is -1.84. The van der Waals surface area contributed by atoms with Gasteiger partial charge < -0.3 is 9.84 Å². The highest BCUT2D eigenvalue weighted by molar-refractivity contribution is 5.28. The minimum atomic E-state index is -0.913. The third-order valence-electron chi connectivity index (χ3n) is 2.66. The number of nitroso groups, excluding NO2 is 1. The molecular weight excluding hydrogens is 244 g/mol. The number of aromatic nitrogens is 2. The van der Waals surface area contributed by atoms with Gasteiger partial charge >= 0.3 is 5.69 Å². The molecule has 1 aromatic heterocycles. The van der Waals surface area contributed by atoms with Gasteiger partial charge in [-0.05, 0) is 6.07 Å². The largest absolute Gasteiger partial charge is 0.388 e. The molecule has 98 valence electrons. The van der Waals surface area contributed by atoms with E-state index in [-0.39, 0.29) is 18.8 Å². The lowest BCUT2D eigenvalue weighted by molar-refractivity contribution is -0.0370. The standard InChI is InChI=1S/C9H12N4O5/c14-6-3-5(4-10-16)18-8(6)13-2-1-7(12-17)11-9(13)15/h1-2,5-6,8,14,17H,3-4H2,(H,11,12,15). The number of nitrogens with zero attached hydrogens (tertiary/aromatic N) is 3. The molecule has 9 heteroatoms. The Balaban J connectivity index is 2.21. The minimum Gasteiger partial charge on any atom is -0.388 e. The lowest BCUT2D eigenvalue weighted by atomic mass is 10.2. The van der Waals surface area contributed by atoms with Gasteiger partial charge in [0.15, 0.2) is 12.0 Å². The number of anilines is 1. The highest BCUT2D eigenvalue weighted by atomic mass is 16.5. The van der Waals surface area contributed by atoms with Gasteiger partial charge in [0, 0.05) is 12.6 Å². The van der Waals surface area contributed by atoms with E-state index in [0.717, 1.165) is 4.57 Å². The van der Waals surface area contributed by atoms with Gasteiger partial charge in [0.25, 0.3) is 0 Å². The predicted octanol–water partition coefficient (Wildman–Crippen LogP) is -0.541. The van der Waals surface area contributed by atoms with Crippen molar-refractivity contribution in [1.82, 2.24) is 9.55 Å². The molecule has 1 saturated heterocycles. The number of ether oxygens (including phenoxy) is 1. The summed E-state index contributed by atoms with van der Waals surface area (Å²) in [7, 11) is 0. The van der Waals surface area contributed by atoms with E-state index in [4.69, 9.17) is 9.94 Å². The SMILES string of the molecule is O=NCC1CC(O)C(n2ccc(NO)nc2=O)O1. The molecule has 18 heavy (non-hydrogen) atoms. The van der Waals surface area contributed by atoms with Gasteiger partial charge in [-0.3, -0.25) is 15.3 Å². The number of aliphatic hydroxyl groups excluding tert-OH is 1. The summed E-state index contributed by atoms with van der Waals surface area (Å²) in [5, 5.41) is 21.1. The molecule has 0 spiro atoms. The topological polar surface area (TPSA) is 126 Å². The molecule has 1 fully saturated rings. The first kappa shape index (κ1) is 12.6. The molecular formula is C9H12N4O5. The Morgan fingerprint density at radius 1 is 1.67 bits per heavy atom. The second kappa shape index (κ2) is 5.21. The van der Waals surface area contributed by atoms with Crippen molar-refractivity contribution in [3.05, 3.63) is 27.7 Å². The molecule has 0 radical (unpaired) electrons. The van der Waals surface area contributed by atoms with Crippen LogP contribution in [0.15, 0.2) is 22.2 Å². The van der Waals surface area contributed by atoms with Crippen molar-refractivity contribution in [2.45, 2.75) is 24.9 Å². The van der Waals surface area contributed by atoms with Crippen molar-refractivity contribution in [3.63, 3.8) is 0 Å². The van der Waals surface area contributed by atoms with Crippen molar-refractivity contribution in [2.24, 2.45) is 5.18 Å². The van der Waals surface area contributed by atoms with Crippen LogP contribution in [-0.2, 0) is 4.74 Å². The quantitative estimate of drug-likeness (QED) is 0.487. The molecule has 3 N–H and O–H groups in total. The van der Waals surface area contributed by atoms with E-state index in [9.17, 15) is 14.8 Å². The highest BCUT2D eigenvalue weighted by Gasteiger charge is 2.35. The smallest absolute Gasteiger partial charge is 0.351 e. The number of rotatable bonds is 4. The normalized spacial score (nSPS) is 27.1. The maximum Gasteiger partial charge on any atom is 0.351 e. The van der Waals surface area contributed by atoms with Crippen LogP contribution in [0, 0.1) is 4.91 Å². The summed E-state index contributed by atoms with van der Waals surface area (Å²) in [4.78, 5) is 25.3. The maximum atomic E-state index is 11.6. The fourth-order valence-corrected chi connectivity index (χ4v) is 1.85. The van der Waals surface area contributed by atoms with Gasteiger partial charge in [0.1, 0.15) is 12.6 Å². The van der Waals surface area contributed by atoms with Crippen LogP contribution >= 0.6 is 0 Å². The maximum absolute atomic E-state index is 11.6. The molecule has 1 aliphatic rings. The summed E-state index contributed by atoms with van der Waals surface area (Å²) in [6, 6.07) is 1.35. The lowest BCUT2D eigenvalue weighted by Gasteiger charge is -2.16. The van der Waals surface area contributed by atoms with Crippen molar-refractivity contribution in [3.8, 4) is 0 Å². The van der Waals surface area contributed by atoms with Gasteiger partial charge in [-0.2, -0.15) is 9.89 Å². The van der Waals surface area contributed by atoms with Crippen LogP contribution < -0.4 is 11.2 Å². The molecule has 0 bridgehead atoms. The molecule has 9 nitrogen and oxygen atoms in total. The third kappa shape index (κ3) is 2.37. The monoisotopic (exact) mass is 256 g/mol.